The molecule has 0 bridgehead atoms. The van der Waals surface area contributed by atoms with E-state index in [1.54, 1.807) is 11.3 Å². The molecule has 4 heteroatoms. The lowest BCUT2D eigenvalue weighted by Gasteiger charge is -2.38. The van der Waals surface area contributed by atoms with Crippen LogP contribution in [0.5, 0.6) is 0 Å². The van der Waals surface area contributed by atoms with E-state index in [4.69, 9.17) is 4.74 Å². The molecule has 17 heavy (non-hydrogen) atoms. The van der Waals surface area contributed by atoms with Crippen LogP contribution in [0.2, 0.25) is 0 Å². The van der Waals surface area contributed by atoms with Crippen molar-refractivity contribution in [3.63, 3.8) is 0 Å². The summed E-state index contributed by atoms with van der Waals surface area (Å²) in [5.41, 5.74) is 1.23. The number of rotatable bonds is 4. The molecule has 2 heterocycles. The summed E-state index contributed by atoms with van der Waals surface area (Å²) in [5, 5.41) is 6.89. The first-order chi connectivity index (χ1) is 8.11. The van der Waals surface area contributed by atoms with Gasteiger partial charge in [-0.25, -0.2) is 4.98 Å². The second kappa shape index (κ2) is 5.46. The number of nitrogens with zero attached hydrogens (tertiary/aromatic N) is 1. The molecule has 0 aromatic carbocycles. The Morgan fingerprint density at radius 2 is 2.47 bits per heavy atom. The van der Waals surface area contributed by atoms with Crippen molar-refractivity contribution < 1.29 is 4.74 Å². The normalized spacial score (nSPS) is 29.5. The molecule has 1 aromatic heterocycles. The van der Waals surface area contributed by atoms with E-state index in [1.165, 1.54) is 0 Å². The maximum Gasteiger partial charge on any atom is 0.0897 e. The number of aryl methyl sites for hydroxylation is 1. The van der Waals surface area contributed by atoms with E-state index in [9.17, 15) is 0 Å². The van der Waals surface area contributed by atoms with Gasteiger partial charge in [-0.15, -0.1) is 11.3 Å². The Morgan fingerprint density at radius 1 is 1.65 bits per heavy atom. The van der Waals surface area contributed by atoms with Gasteiger partial charge in [0.2, 0.25) is 0 Å². The van der Waals surface area contributed by atoms with Gasteiger partial charge in [-0.3, -0.25) is 0 Å². The smallest absolute Gasteiger partial charge is 0.0897 e. The molecule has 1 fully saturated rings. The highest BCUT2D eigenvalue weighted by Gasteiger charge is 2.31. The van der Waals surface area contributed by atoms with Crippen LogP contribution in [-0.2, 0) is 11.3 Å². The van der Waals surface area contributed by atoms with Gasteiger partial charge >= 0.3 is 0 Å². The molecule has 0 saturated carbocycles. The van der Waals surface area contributed by atoms with E-state index in [1.807, 2.05) is 0 Å². The summed E-state index contributed by atoms with van der Waals surface area (Å²) in [7, 11) is 0. The summed E-state index contributed by atoms with van der Waals surface area (Å²) >= 11 is 1.72. The Bertz CT molecular complexity index is 366. The zero-order valence-electron chi connectivity index (χ0n) is 11.0. The second-order valence-corrected chi connectivity index (χ2v) is 6.14. The van der Waals surface area contributed by atoms with Crippen LogP contribution < -0.4 is 5.32 Å². The molecule has 0 radical (unpaired) electrons. The Kier molecular flexibility index (Phi) is 4.17. The Hall–Kier alpha value is -0.450. The molecule has 2 unspecified atom stereocenters. The van der Waals surface area contributed by atoms with Crippen molar-refractivity contribution in [2.45, 2.75) is 58.2 Å². The van der Waals surface area contributed by atoms with Crippen LogP contribution in [0.3, 0.4) is 0 Å². The molecule has 0 spiro atoms. The highest BCUT2D eigenvalue weighted by atomic mass is 32.1. The number of hydrogen-bond donors (Lipinski definition) is 1. The maximum absolute atomic E-state index is 5.85. The second-order valence-electron chi connectivity index (χ2n) is 5.08. The largest absolute Gasteiger partial charge is 0.375 e. The third kappa shape index (κ3) is 3.50. The van der Waals surface area contributed by atoms with E-state index in [-0.39, 0.29) is 5.60 Å². The molecule has 1 aromatic rings. The van der Waals surface area contributed by atoms with Crippen LogP contribution in [0.25, 0.3) is 0 Å². The third-order valence-electron chi connectivity index (χ3n) is 3.58. The maximum atomic E-state index is 5.85. The number of aromatic nitrogens is 1. The Labute approximate surface area is 108 Å². The Morgan fingerprint density at radius 3 is 3.12 bits per heavy atom. The zero-order valence-corrected chi connectivity index (χ0v) is 11.8. The van der Waals surface area contributed by atoms with Gasteiger partial charge in [0, 0.05) is 24.6 Å². The zero-order chi connectivity index (χ0) is 12.3. The number of thiazole rings is 1. The van der Waals surface area contributed by atoms with E-state index in [2.05, 4.69) is 36.5 Å². The molecule has 2 rings (SSSR count). The van der Waals surface area contributed by atoms with Gasteiger partial charge in [0.25, 0.3) is 0 Å². The standard InChI is InChI=1S/C13H22N2OS/c1-4-13(3)7-11(5-6-16-13)14-8-12-9-17-10(2)15-12/h9,11,14H,4-8H2,1-3H3. The van der Waals surface area contributed by atoms with Crippen molar-refractivity contribution in [2.24, 2.45) is 0 Å². The SMILES string of the molecule is CCC1(C)CC(NCc2csc(C)n2)CCO1. The summed E-state index contributed by atoms with van der Waals surface area (Å²) in [6.07, 6.45) is 3.30. The summed E-state index contributed by atoms with van der Waals surface area (Å²) in [4.78, 5) is 4.48. The minimum absolute atomic E-state index is 0.0634. The summed E-state index contributed by atoms with van der Waals surface area (Å²) < 4.78 is 5.85. The van der Waals surface area contributed by atoms with Crippen molar-refractivity contribution in [1.29, 1.82) is 0 Å². The van der Waals surface area contributed by atoms with Gasteiger partial charge in [0.1, 0.15) is 0 Å². The topological polar surface area (TPSA) is 34.2 Å². The molecule has 0 aliphatic carbocycles. The lowest BCUT2D eigenvalue weighted by molar-refractivity contribution is -0.0781. The van der Waals surface area contributed by atoms with Gasteiger partial charge < -0.3 is 10.1 Å². The minimum atomic E-state index is 0.0634. The van der Waals surface area contributed by atoms with Gasteiger partial charge in [-0.1, -0.05) is 6.92 Å². The van der Waals surface area contributed by atoms with Crippen molar-refractivity contribution in [2.75, 3.05) is 6.61 Å². The molecule has 96 valence electrons. The van der Waals surface area contributed by atoms with E-state index >= 15 is 0 Å². The first-order valence-electron chi connectivity index (χ1n) is 6.40. The first kappa shape index (κ1) is 13.0. The fourth-order valence-corrected chi connectivity index (χ4v) is 2.90. The van der Waals surface area contributed by atoms with Crippen LogP contribution in [-0.4, -0.2) is 23.2 Å². The summed E-state index contributed by atoms with van der Waals surface area (Å²) in [5.74, 6) is 0. The van der Waals surface area contributed by atoms with Crippen LogP contribution >= 0.6 is 11.3 Å². The van der Waals surface area contributed by atoms with E-state index in [0.717, 1.165) is 43.1 Å². The van der Waals surface area contributed by atoms with Gasteiger partial charge in [0.05, 0.1) is 16.3 Å². The molecule has 2 atom stereocenters. The molecular weight excluding hydrogens is 232 g/mol. The number of hydrogen-bond acceptors (Lipinski definition) is 4. The van der Waals surface area contributed by atoms with Crippen molar-refractivity contribution >= 4 is 11.3 Å². The van der Waals surface area contributed by atoms with Crippen LogP contribution in [0, 0.1) is 6.92 Å². The fourth-order valence-electron chi connectivity index (χ4n) is 2.29. The predicted octanol–water partition coefficient (Wildman–Crippen LogP) is 2.89. The quantitative estimate of drug-likeness (QED) is 0.897. The molecular formula is C13H22N2OS. The van der Waals surface area contributed by atoms with Crippen molar-refractivity contribution in [1.82, 2.24) is 10.3 Å². The number of nitrogens with one attached hydrogen (secondary N) is 1. The summed E-state index contributed by atoms with van der Waals surface area (Å²) in [6, 6.07) is 0.565. The Balaban J connectivity index is 1.83. The molecule has 1 aliphatic rings. The predicted molar refractivity (Wildman–Crippen MR) is 71.4 cm³/mol. The highest BCUT2D eigenvalue weighted by molar-refractivity contribution is 7.09. The van der Waals surface area contributed by atoms with Crippen LogP contribution in [0.1, 0.15) is 43.8 Å². The van der Waals surface area contributed by atoms with Crippen molar-refractivity contribution in [3.8, 4) is 0 Å². The van der Waals surface area contributed by atoms with E-state index in [0.29, 0.717) is 6.04 Å². The number of ether oxygens (including phenoxy) is 1. The third-order valence-corrected chi connectivity index (χ3v) is 4.40. The molecule has 1 saturated heterocycles. The lowest BCUT2D eigenvalue weighted by Crippen LogP contribution is -2.44. The minimum Gasteiger partial charge on any atom is -0.375 e. The molecule has 1 N–H and O–H groups in total. The van der Waals surface area contributed by atoms with Crippen LogP contribution in [0.4, 0.5) is 0 Å². The average Bonchev–Trinajstić information content (AvgIpc) is 2.73. The highest BCUT2D eigenvalue weighted by Crippen LogP contribution is 2.27. The monoisotopic (exact) mass is 254 g/mol. The molecule has 3 nitrogen and oxygen atoms in total. The molecule has 0 amide bonds. The van der Waals surface area contributed by atoms with Crippen LogP contribution in [0.15, 0.2) is 5.38 Å². The van der Waals surface area contributed by atoms with Gasteiger partial charge in [0.15, 0.2) is 0 Å². The van der Waals surface area contributed by atoms with Gasteiger partial charge in [-0.05, 0) is 33.1 Å². The summed E-state index contributed by atoms with van der Waals surface area (Å²) in [6.45, 7) is 8.23. The molecule has 1 aliphatic heterocycles. The average molecular weight is 254 g/mol. The van der Waals surface area contributed by atoms with Gasteiger partial charge in [-0.2, -0.15) is 0 Å². The van der Waals surface area contributed by atoms with E-state index < -0.39 is 0 Å². The fraction of sp³-hybridized carbons (Fsp3) is 0.769. The lowest BCUT2D eigenvalue weighted by atomic mass is 9.90. The first-order valence-corrected chi connectivity index (χ1v) is 7.27. The van der Waals surface area contributed by atoms with Crippen molar-refractivity contribution in [3.05, 3.63) is 16.1 Å².